The van der Waals surface area contributed by atoms with Gasteiger partial charge in [-0.2, -0.15) is 0 Å². The van der Waals surface area contributed by atoms with E-state index < -0.39 is 14.6 Å². The van der Waals surface area contributed by atoms with Gasteiger partial charge in [-0.25, -0.2) is 8.42 Å². The molecule has 0 unspecified atom stereocenters. The van der Waals surface area contributed by atoms with Gasteiger partial charge in [-0.15, -0.1) is 11.8 Å². The summed E-state index contributed by atoms with van der Waals surface area (Å²) in [5.74, 6) is 0. The van der Waals surface area contributed by atoms with E-state index >= 15 is 0 Å². The van der Waals surface area contributed by atoms with Crippen LogP contribution >= 0.6 is 11.8 Å². The Balaban J connectivity index is 3.36. The van der Waals surface area contributed by atoms with E-state index in [-0.39, 0.29) is 4.75 Å². The summed E-state index contributed by atoms with van der Waals surface area (Å²) in [6, 6.07) is 7.25. The van der Waals surface area contributed by atoms with Gasteiger partial charge in [0.05, 0.1) is 9.64 Å². The van der Waals surface area contributed by atoms with Crippen LogP contribution in [0.3, 0.4) is 0 Å². The molecule has 1 aromatic carbocycles. The molecular formula is C14H22O2S2. The largest absolute Gasteiger partial charge is 0.223 e. The van der Waals surface area contributed by atoms with Gasteiger partial charge >= 0.3 is 0 Å². The van der Waals surface area contributed by atoms with Crippen LogP contribution in [0.4, 0.5) is 0 Å². The standard InChI is InChI=1S/C14H22O2S2/c1-13(2,3)17-11-9-7-8-10-12(11)18(15,16)14(4,5)6/h7-10H,1-6H3. The first-order valence-electron chi connectivity index (χ1n) is 5.98. The van der Waals surface area contributed by atoms with Gasteiger partial charge in [-0.1, -0.05) is 32.9 Å². The van der Waals surface area contributed by atoms with Crippen molar-refractivity contribution < 1.29 is 8.42 Å². The van der Waals surface area contributed by atoms with Crippen molar-refractivity contribution in [3.63, 3.8) is 0 Å². The van der Waals surface area contributed by atoms with Crippen LogP contribution in [0.25, 0.3) is 0 Å². The zero-order chi connectivity index (χ0) is 14.2. The van der Waals surface area contributed by atoms with E-state index in [0.29, 0.717) is 4.90 Å². The first-order chi connectivity index (χ1) is 7.95. The van der Waals surface area contributed by atoms with Gasteiger partial charge < -0.3 is 0 Å². The molecule has 0 aliphatic rings. The monoisotopic (exact) mass is 286 g/mol. The van der Waals surface area contributed by atoms with Crippen molar-refractivity contribution in [2.75, 3.05) is 0 Å². The fourth-order valence-corrected chi connectivity index (χ4v) is 4.10. The topological polar surface area (TPSA) is 34.1 Å². The molecule has 0 fully saturated rings. The molecule has 102 valence electrons. The van der Waals surface area contributed by atoms with Crippen LogP contribution in [0.5, 0.6) is 0 Å². The Morgan fingerprint density at radius 1 is 0.944 bits per heavy atom. The van der Waals surface area contributed by atoms with Gasteiger partial charge in [0.1, 0.15) is 0 Å². The number of hydrogen-bond donors (Lipinski definition) is 0. The van der Waals surface area contributed by atoms with Crippen LogP contribution in [0.15, 0.2) is 34.1 Å². The highest BCUT2D eigenvalue weighted by molar-refractivity contribution is 8.01. The Morgan fingerprint density at radius 3 is 1.89 bits per heavy atom. The van der Waals surface area contributed by atoms with E-state index in [1.54, 1.807) is 44.7 Å². The average Bonchev–Trinajstić information content (AvgIpc) is 2.13. The van der Waals surface area contributed by atoms with Crippen molar-refractivity contribution in [2.24, 2.45) is 0 Å². The first kappa shape index (κ1) is 15.6. The maximum Gasteiger partial charge on any atom is 0.184 e. The molecule has 1 aromatic rings. The van der Waals surface area contributed by atoms with E-state index in [4.69, 9.17) is 0 Å². The molecule has 0 saturated heterocycles. The zero-order valence-corrected chi connectivity index (χ0v) is 13.6. The number of rotatable bonds is 2. The van der Waals surface area contributed by atoms with Crippen LogP contribution in [-0.2, 0) is 9.84 Å². The highest BCUT2D eigenvalue weighted by Crippen LogP contribution is 2.38. The Morgan fingerprint density at radius 2 is 1.44 bits per heavy atom. The lowest BCUT2D eigenvalue weighted by Gasteiger charge is -2.24. The number of hydrogen-bond acceptors (Lipinski definition) is 3. The van der Waals surface area contributed by atoms with Gasteiger partial charge in [0, 0.05) is 9.64 Å². The molecule has 0 amide bonds. The Hall–Kier alpha value is -0.480. The third kappa shape index (κ3) is 3.51. The lowest BCUT2D eigenvalue weighted by molar-refractivity contribution is 0.558. The van der Waals surface area contributed by atoms with Crippen molar-refractivity contribution in [1.82, 2.24) is 0 Å². The fraction of sp³-hybridized carbons (Fsp3) is 0.571. The zero-order valence-electron chi connectivity index (χ0n) is 11.9. The van der Waals surface area contributed by atoms with Crippen molar-refractivity contribution in [3.05, 3.63) is 24.3 Å². The molecule has 0 bridgehead atoms. The summed E-state index contributed by atoms with van der Waals surface area (Å²) in [6.07, 6.45) is 0. The second-order valence-electron chi connectivity index (χ2n) is 6.28. The highest BCUT2D eigenvalue weighted by atomic mass is 32.2. The first-order valence-corrected chi connectivity index (χ1v) is 8.28. The van der Waals surface area contributed by atoms with Crippen LogP contribution in [0, 0.1) is 0 Å². The number of sulfone groups is 1. The van der Waals surface area contributed by atoms with Gasteiger partial charge in [0.25, 0.3) is 0 Å². The van der Waals surface area contributed by atoms with E-state index in [2.05, 4.69) is 20.8 Å². The molecule has 18 heavy (non-hydrogen) atoms. The van der Waals surface area contributed by atoms with Crippen molar-refractivity contribution in [2.45, 2.75) is 60.8 Å². The molecule has 4 heteroatoms. The van der Waals surface area contributed by atoms with Gasteiger partial charge in [-0.05, 0) is 32.9 Å². The second kappa shape index (κ2) is 4.89. The third-order valence-electron chi connectivity index (χ3n) is 2.36. The molecule has 0 heterocycles. The summed E-state index contributed by atoms with van der Waals surface area (Å²) in [4.78, 5) is 1.28. The van der Waals surface area contributed by atoms with E-state index in [1.807, 2.05) is 12.1 Å². The molecule has 0 spiro atoms. The highest BCUT2D eigenvalue weighted by Gasteiger charge is 2.33. The maximum atomic E-state index is 12.5. The Bertz CT molecular complexity index is 517. The minimum atomic E-state index is -3.30. The van der Waals surface area contributed by atoms with Crippen molar-refractivity contribution in [3.8, 4) is 0 Å². The fourth-order valence-electron chi connectivity index (χ4n) is 1.42. The van der Waals surface area contributed by atoms with Crippen LogP contribution in [0.1, 0.15) is 41.5 Å². The minimum absolute atomic E-state index is 0.0104. The minimum Gasteiger partial charge on any atom is -0.223 e. The molecular weight excluding hydrogens is 264 g/mol. The van der Waals surface area contributed by atoms with Gasteiger partial charge in [-0.3, -0.25) is 0 Å². The summed E-state index contributed by atoms with van der Waals surface area (Å²) in [5.41, 5.74) is 0. The van der Waals surface area contributed by atoms with Gasteiger partial charge in [0.15, 0.2) is 9.84 Å². The summed E-state index contributed by atoms with van der Waals surface area (Å²) in [7, 11) is -3.30. The molecule has 0 saturated carbocycles. The summed E-state index contributed by atoms with van der Waals surface area (Å²) >= 11 is 1.59. The predicted octanol–water partition coefficient (Wildman–Crippen LogP) is 4.15. The van der Waals surface area contributed by atoms with Crippen molar-refractivity contribution in [1.29, 1.82) is 0 Å². The molecule has 0 aromatic heterocycles. The van der Waals surface area contributed by atoms with E-state index in [0.717, 1.165) is 4.90 Å². The quantitative estimate of drug-likeness (QED) is 0.766. The molecule has 0 atom stereocenters. The van der Waals surface area contributed by atoms with E-state index in [1.165, 1.54) is 0 Å². The SMILES string of the molecule is CC(C)(C)Sc1ccccc1S(=O)(=O)C(C)(C)C. The Kier molecular flexibility index (Phi) is 4.23. The normalized spacial score (nSPS) is 13.7. The smallest absolute Gasteiger partial charge is 0.184 e. The molecule has 0 radical (unpaired) electrons. The third-order valence-corrected chi connectivity index (χ3v) is 6.23. The summed E-state index contributed by atoms with van der Waals surface area (Å²) in [5, 5.41) is 0. The average molecular weight is 286 g/mol. The lowest BCUT2D eigenvalue weighted by Crippen LogP contribution is -2.28. The van der Waals surface area contributed by atoms with Crippen molar-refractivity contribution >= 4 is 21.6 Å². The van der Waals surface area contributed by atoms with E-state index in [9.17, 15) is 8.42 Å². The van der Waals surface area contributed by atoms with Gasteiger partial charge in [0.2, 0.25) is 0 Å². The molecule has 0 aliphatic heterocycles. The molecule has 1 rings (SSSR count). The molecule has 2 nitrogen and oxygen atoms in total. The maximum absolute atomic E-state index is 12.5. The summed E-state index contributed by atoms with van der Waals surface area (Å²) in [6.45, 7) is 11.5. The number of benzene rings is 1. The second-order valence-corrected chi connectivity index (χ2v) is 10.8. The Labute approximate surface area is 115 Å². The molecule has 0 N–H and O–H groups in total. The van der Waals surface area contributed by atoms with Crippen LogP contribution in [0.2, 0.25) is 0 Å². The lowest BCUT2D eigenvalue weighted by atomic mass is 10.3. The predicted molar refractivity (Wildman–Crippen MR) is 79.0 cm³/mol. The van der Waals surface area contributed by atoms with Crippen LogP contribution in [-0.4, -0.2) is 17.9 Å². The van der Waals surface area contributed by atoms with Crippen LogP contribution < -0.4 is 0 Å². The summed E-state index contributed by atoms with van der Waals surface area (Å²) < 4.78 is 24.3. The molecule has 0 aliphatic carbocycles. The number of thioether (sulfide) groups is 1.